The lowest BCUT2D eigenvalue weighted by Gasteiger charge is -2.39. The van der Waals surface area contributed by atoms with Crippen molar-refractivity contribution in [3.63, 3.8) is 0 Å². The van der Waals surface area contributed by atoms with Crippen LogP contribution in [0.4, 0.5) is 57.1 Å². The average molecular weight is 513 g/mol. The zero-order valence-corrected chi connectivity index (χ0v) is 17.2. The lowest BCUT2D eigenvalue weighted by Crippen LogP contribution is -2.70. The Morgan fingerprint density at radius 3 is 1.73 bits per heavy atom. The molecule has 0 radical (unpaired) electrons. The third-order valence-electron chi connectivity index (χ3n) is 4.92. The molecule has 194 valence electrons. The highest BCUT2D eigenvalue weighted by Crippen LogP contribution is 2.60. The molecule has 0 saturated carbocycles. The fourth-order valence-corrected chi connectivity index (χ4v) is 2.87. The number of unbranched alkanes of at least 4 members (excludes halogenated alkanes) is 3. The van der Waals surface area contributed by atoms with Gasteiger partial charge >= 0.3 is 35.8 Å². The fourth-order valence-electron chi connectivity index (χ4n) is 2.87. The Kier molecular flexibility index (Phi) is 8.79. The van der Waals surface area contributed by atoms with Gasteiger partial charge in [0.1, 0.15) is 12.4 Å². The topological polar surface area (TPSA) is 8.81 Å². The maximum Gasteiger partial charge on any atom is 0.460 e. The van der Waals surface area contributed by atoms with Crippen molar-refractivity contribution in [1.29, 1.82) is 0 Å². The molecule has 0 spiro atoms. The van der Waals surface area contributed by atoms with E-state index in [4.69, 9.17) is 0 Å². The van der Waals surface area contributed by atoms with Crippen molar-refractivity contribution in [3.05, 3.63) is 18.7 Å². The lowest BCUT2D eigenvalue weighted by atomic mass is 9.92. The van der Waals surface area contributed by atoms with Gasteiger partial charge in [-0.15, -0.1) is 0 Å². The summed E-state index contributed by atoms with van der Waals surface area (Å²) in [5, 5.41) is 0. The van der Waals surface area contributed by atoms with Gasteiger partial charge in [0.05, 0.1) is 13.1 Å². The van der Waals surface area contributed by atoms with Crippen LogP contribution in [-0.2, 0) is 13.1 Å². The molecule has 0 aliphatic carbocycles. The number of alkyl halides is 13. The maximum atomic E-state index is 13.8. The molecule has 2 nitrogen and oxygen atoms in total. The summed E-state index contributed by atoms with van der Waals surface area (Å²) in [6.07, 6.45) is -2.72. The number of rotatable bonds is 13. The van der Waals surface area contributed by atoms with Crippen molar-refractivity contribution in [2.45, 2.75) is 94.3 Å². The minimum atomic E-state index is -7.85. The van der Waals surface area contributed by atoms with Crippen LogP contribution in [0.25, 0.3) is 0 Å². The van der Waals surface area contributed by atoms with Crippen molar-refractivity contribution in [2.75, 3.05) is 0 Å². The Morgan fingerprint density at radius 1 is 0.667 bits per heavy atom. The Morgan fingerprint density at radius 2 is 1.21 bits per heavy atom. The summed E-state index contributed by atoms with van der Waals surface area (Å²) in [7, 11) is 0. The molecular weight excluding hydrogens is 491 g/mol. The van der Waals surface area contributed by atoms with Crippen LogP contribution in [-0.4, -0.2) is 40.4 Å². The smallest absolute Gasteiger partial charge is 0.237 e. The SMILES string of the molecule is CCCCCCn1cc[n+](CCCC(F)(F)C(F)(F)C(F)(F)C(F)(F)C(F)(F)C(F)(F)F)c1. The van der Waals surface area contributed by atoms with E-state index in [1.54, 1.807) is 4.57 Å². The van der Waals surface area contributed by atoms with E-state index in [0.29, 0.717) is 6.54 Å². The molecule has 0 amide bonds. The molecule has 1 rings (SSSR count). The third-order valence-corrected chi connectivity index (χ3v) is 4.92. The van der Waals surface area contributed by atoms with Gasteiger partial charge in [0.25, 0.3) is 0 Å². The molecule has 0 atom stereocenters. The number of halogens is 13. The molecule has 1 heterocycles. The molecule has 0 saturated heterocycles. The summed E-state index contributed by atoms with van der Waals surface area (Å²) >= 11 is 0. The van der Waals surface area contributed by atoms with Gasteiger partial charge in [0.15, 0.2) is 0 Å². The van der Waals surface area contributed by atoms with Crippen LogP contribution in [0.3, 0.4) is 0 Å². The van der Waals surface area contributed by atoms with Crippen molar-refractivity contribution < 1.29 is 61.6 Å². The van der Waals surface area contributed by atoms with E-state index in [0.717, 1.165) is 25.7 Å². The lowest BCUT2D eigenvalue weighted by molar-refractivity contribution is -0.697. The second-order valence-corrected chi connectivity index (χ2v) is 7.55. The molecule has 0 bridgehead atoms. The first-order chi connectivity index (χ1) is 14.8. The highest BCUT2D eigenvalue weighted by atomic mass is 19.4. The molecule has 0 aromatic carbocycles. The van der Waals surface area contributed by atoms with Gasteiger partial charge in [-0.3, -0.25) is 0 Å². The van der Waals surface area contributed by atoms with Crippen LogP contribution < -0.4 is 4.57 Å². The highest BCUT2D eigenvalue weighted by Gasteiger charge is 2.90. The Hall–Kier alpha value is -1.70. The van der Waals surface area contributed by atoms with Gasteiger partial charge in [-0.2, -0.15) is 57.1 Å². The van der Waals surface area contributed by atoms with Crippen molar-refractivity contribution >= 4 is 0 Å². The van der Waals surface area contributed by atoms with E-state index in [1.807, 2.05) is 6.92 Å². The van der Waals surface area contributed by atoms with E-state index < -0.39 is 55.2 Å². The number of nitrogens with zero attached hydrogens (tertiary/aromatic N) is 2. The van der Waals surface area contributed by atoms with E-state index >= 15 is 0 Å². The molecule has 0 fully saturated rings. The Labute approximate surface area is 180 Å². The first-order valence-electron chi connectivity index (χ1n) is 9.77. The molecule has 33 heavy (non-hydrogen) atoms. The highest BCUT2D eigenvalue weighted by molar-refractivity contribution is 5.10. The summed E-state index contributed by atoms with van der Waals surface area (Å²) in [5.41, 5.74) is 0. The van der Waals surface area contributed by atoms with Gasteiger partial charge in [-0.05, 0) is 19.3 Å². The fraction of sp³-hybridized carbons (Fsp3) is 0.833. The van der Waals surface area contributed by atoms with Crippen LogP contribution >= 0.6 is 0 Å². The quantitative estimate of drug-likeness (QED) is 0.155. The zero-order chi connectivity index (χ0) is 25.9. The molecule has 1 aromatic rings. The van der Waals surface area contributed by atoms with Crippen LogP contribution in [0.5, 0.6) is 0 Å². The molecular formula is C18H22F13N2+. The van der Waals surface area contributed by atoms with Crippen LogP contribution in [0, 0.1) is 0 Å². The van der Waals surface area contributed by atoms with Gasteiger partial charge < -0.3 is 0 Å². The third kappa shape index (κ3) is 5.69. The summed E-state index contributed by atoms with van der Waals surface area (Å²) in [4.78, 5) is 0. The van der Waals surface area contributed by atoms with Crippen LogP contribution in [0.2, 0.25) is 0 Å². The van der Waals surface area contributed by atoms with Gasteiger partial charge in [-0.1, -0.05) is 19.8 Å². The number of imidazole rings is 1. The monoisotopic (exact) mass is 513 g/mol. The van der Waals surface area contributed by atoms with E-state index in [-0.39, 0.29) is 0 Å². The molecule has 0 unspecified atom stereocenters. The zero-order valence-electron chi connectivity index (χ0n) is 17.2. The van der Waals surface area contributed by atoms with E-state index in [1.165, 1.54) is 23.3 Å². The summed E-state index contributed by atoms with van der Waals surface area (Å²) in [5.74, 6) is -36.5. The molecule has 15 heteroatoms. The van der Waals surface area contributed by atoms with E-state index in [9.17, 15) is 57.1 Å². The second kappa shape index (κ2) is 9.88. The van der Waals surface area contributed by atoms with E-state index in [2.05, 4.69) is 0 Å². The summed E-state index contributed by atoms with van der Waals surface area (Å²) < 4.78 is 173. The first kappa shape index (κ1) is 29.3. The largest absolute Gasteiger partial charge is 0.460 e. The van der Waals surface area contributed by atoms with Crippen molar-refractivity contribution in [3.8, 4) is 0 Å². The van der Waals surface area contributed by atoms with Gasteiger partial charge in [0.2, 0.25) is 6.33 Å². The minimum Gasteiger partial charge on any atom is -0.237 e. The summed E-state index contributed by atoms with van der Waals surface area (Å²) in [6.45, 7) is 2.06. The minimum absolute atomic E-state index is 0.464. The molecule has 1 aromatic heterocycles. The average Bonchev–Trinajstić information content (AvgIpc) is 3.11. The summed E-state index contributed by atoms with van der Waals surface area (Å²) in [6, 6.07) is 0. The molecule has 0 aliphatic heterocycles. The molecule has 0 N–H and O–H groups in total. The number of aryl methyl sites for hydroxylation is 2. The Balaban J connectivity index is 2.89. The standard InChI is InChI=1S/C18H22F13N2/c1-2-3-4-5-8-32-10-11-33(12-32)9-6-7-13(19,20)14(21,22)15(23,24)16(25,26)17(27,28)18(29,30)31/h10-12H,2-9H2,1H3/q+1. The second-order valence-electron chi connectivity index (χ2n) is 7.55. The maximum absolute atomic E-state index is 13.8. The normalized spacial score (nSPS) is 14.7. The number of aromatic nitrogens is 2. The van der Waals surface area contributed by atoms with Crippen molar-refractivity contribution in [2.24, 2.45) is 0 Å². The first-order valence-corrected chi connectivity index (χ1v) is 9.77. The van der Waals surface area contributed by atoms with Crippen molar-refractivity contribution in [1.82, 2.24) is 4.57 Å². The van der Waals surface area contributed by atoms with Crippen LogP contribution in [0.1, 0.15) is 45.4 Å². The predicted molar refractivity (Wildman–Crippen MR) is 88.8 cm³/mol. The molecule has 0 aliphatic rings. The number of hydrogen-bond acceptors (Lipinski definition) is 0. The van der Waals surface area contributed by atoms with Crippen LogP contribution in [0.15, 0.2) is 18.7 Å². The Bertz CT molecular complexity index is 753. The van der Waals surface area contributed by atoms with Gasteiger partial charge in [0, 0.05) is 6.42 Å². The van der Waals surface area contributed by atoms with Gasteiger partial charge in [-0.25, -0.2) is 9.13 Å². The predicted octanol–water partition coefficient (Wildman–Crippen LogP) is 6.87. The number of hydrogen-bond donors (Lipinski definition) is 0.